The highest BCUT2D eigenvalue weighted by Gasteiger charge is 2.36. The summed E-state index contributed by atoms with van der Waals surface area (Å²) in [5.41, 5.74) is 0.511. The molecule has 4 rings (SSSR count). The fourth-order valence-corrected chi connectivity index (χ4v) is 4.31. The number of aromatic carboxylic acids is 1. The standard InChI is InChI=1S/C30H26ClF3N4O4/c1-17(2)38(28(39)20-8-6-18(3)7-9-20)25-11-10-21(14-22(25)29(40)41)42-27-23(30(32,33)34)13-19(16-37-27)15-36-24-5-4-12-35-26(24)31/h4-14,16-17,36H,15H2,1-3H3,(H,40,41). The number of carbonyl (C=O) groups is 2. The van der Waals surface area contributed by atoms with E-state index in [1.165, 1.54) is 29.4 Å². The van der Waals surface area contributed by atoms with Crippen molar-refractivity contribution in [2.75, 3.05) is 10.2 Å². The number of ether oxygens (including phenoxy) is 1. The third-order valence-electron chi connectivity index (χ3n) is 6.16. The molecule has 0 saturated heterocycles. The summed E-state index contributed by atoms with van der Waals surface area (Å²) in [6, 6.07) is 14.2. The number of hydrogen-bond acceptors (Lipinski definition) is 6. The monoisotopic (exact) mass is 598 g/mol. The number of carboxylic acid groups (broad SMARTS) is 1. The summed E-state index contributed by atoms with van der Waals surface area (Å²) in [6.45, 7) is 5.29. The van der Waals surface area contributed by atoms with Crippen LogP contribution in [0.5, 0.6) is 11.6 Å². The van der Waals surface area contributed by atoms with Gasteiger partial charge in [-0.3, -0.25) is 4.79 Å². The van der Waals surface area contributed by atoms with Crippen LogP contribution in [0.15, 0.2) is 73.1 Å². The molecule has 0 radical (unpaired) electrons. The smallest absolute Gasteiger partial charge is 0.421 e. The van der Waals surface area contributed by atoms with Gasteiger partial charge in [-0.1, -0.05) is 29.3 Å². The van der Waals surface area contributed by atoms with Gasteiger partial charge in [0.1, 0.15) is 11.3 Å². The van der Waals surface area contributed by atoms with E-state index in [0.29, 0.717) is 11.3 Å². The van der Waals surface area contributed by atoms with Crippen LogP contribution in [0.2, 0.25) is 5.15 Å². The van der Waals surface area contributed by atoms with Crippen molar-refractivity contribution in [1.29, 1.82) is 0 Å². The lowest BCUT2D eigenvalue weighted by molar-refractivity contribution is -0.138. The molecule has 0 saturated carbocycles. The molecule has 218 valence electrons. The van der Waals surface area contributed by atoms with Gasteiger partial charge >= 0.3 is 12.1 Å². The van der Waals surface area contributed by atoms with Gasteiger partial charge in [-0.05, 0) is 74.9 Å². The molecule has 0 atom stereocenters. The van der Waals surface area contributed by atoms with Crippen LogP contribution in [0.3, 0.4) is 0 Å². The number of carboxylic acids is 1. The molecule has 2 aromatic heterocycles. The van der Waals surface area contributed by atoms with E-state index in [2.05, 4.69) is 15.3 Å². The fourth-order valence-electron chi connectivity index (χ4n) is 4.12. The highest BCUT2D eigenvalue weighted by atomic mass is 35.5. The number of hydrogen-bond donors (Lipinski definition) is 2. The lowest BCUT2D eigenvalue weighted by atomic mass is 10.1. The number of benzene rings is 2. The molecule has 4 aromatic rings. The number of aryl methyl sites for hydroxylation is 1. The maximum Gasteiger partial charge on any atom is 0.421 e. The van der Waals surface area contributed by atoms with Gasteiger partial charge in [0, 0.05) is 30.5 Å². The van der Waals surface area contributed by atoms with Crippen LogP contribution in [0.25, 0.3) is 0 Å². The van der Waals surface area contributed by atoms with Crippen LogP contribution in [0, 0.1) is 6.92 Å². The van der Waals surface area contributed by atoms with Crippen molar-refractivity contribution in [1.82, 2.24) is 9.97 Å². The zero-order valence-electron chi connectivity index (χ0n) is 22.7. The minimum absolute atomic E-state index is 0.0281. The van der Waals surface area contributed by atoms with Gasteiger partial charge in [0.2, 0.25) is 5.88 Å². The second-order valence-corrected chi connectivity index (χ2v) is 9.97. The van der Waals surface area contributed by atoms with E-state index in [1.807, 2.05) is 6.92 Å². The number of carbonyl (C=O) groups excluding carboxylic acids is 1. The van der Waals surface area contributed by atoms with Crippen LogP contribution < -0.4 is 15.0 Å². The SMILES string of the molecule is Cc1ccc(C(=O)N(c2ccc(Oc3ncc(CNc4cccnc4Cl)cc3C(F)(F)F)cc2C(=O)O)C(C)C)cc1. The van der Waals surface area contributed by atoms with Crippen LogP contribution in [-0.2, 0) is 12.7 Å². The van der Waals surface area contributed by atoms with Crippen molar-refractivity contribution < 1.29 is 32.6 Å². The Bertz CT molecular complexity index is 1610. The molecule has 0 aliphatic heterocycles. The Morgan fingerprint density at radius 3 is 2.40 bits per heavy atom. The first-order chi connectivity index (χ1) is 19.8. The maximum atomic E-state index is 14.0. The molecule has 0 aliphatic carbocycles. The Kier molecular flexibility index (Phi) is 9.01. The van der Waals surface area contributed by atoms with Crippen LogP contribution in [0.1, 0.15) is 51.3 Å². The van der Waals surface area contributed by atoms with E-state index in [0.717, 1.165) is 17.7 Å². The molecule has 0 bridgehead atoms. The van der Waals surface area contributed by atoms with Gasteiger partial charge in [-0.2, -0.15) is 13.2 Å². The molecule has 0 unspecified atom stereocenters. The summed E-state index contributed by atoms with van der Waals surface area (Å²) in [5.74, 6) is -2.78. The van der Waals surface area contributed by atoms with E-state index >= 15 is 0 Å². The molecular formula is C30H26ClF3N4O4. The normalized spacial score (nSPS) is 11.3. The van der Waals surface area contributed by atoms with Crippen molar-refractivity contribution in [3.8, 4) is 11.6 Å². The molecular weight excluding hydrogens is 573 g/mol. The summed E-state index contributed by atoms with van der Waals surface area (Å²) in [6.07, 6.45) is -2.14. The molecule has 8 nitrogen and oxygen atoms in total. The predicted octanol–water partition coefficient (Wildman–Crippen LogP) is 7.62. The number of amides is 1. The Hall–Kier alpha value is -4.64. The Morgan fingerprint density at radius 2 is 1.79 bits per heavy atom. The average Bonchev–Trinajstić information content (AvgIpc) is 2.93. The second kappa shape index (κ2) is 12.5. The van der Waals surface area contributed by atoms with E-state index < -0.39 is 35.5 Å². The first kappa shape index (κ1) is 30.3. The van der Waals surface area contributed by atoms with Gasteiger partial charge in [0.05, 0.1) is 16.9 Å². The number of alkyl halides is 3. The molecule has 2 heterocycles. The number of aromatic nitrogens is 2. The Morgan fingerprint density at radius 1 is 1.07 bits per heavy atom. The van der Waals surface area contributed by atoms with Crippen molar-refractivity contribution in [2.24, 2.45) is 0 Å². The lowest BCUT2D eigenvalue weighted by Gasteiger charge is -2.28. The van der Waals surface area contributed by atoms with Gasteiger partial charge in [0.25, 0.3) is 5.91 Å². The molecule has 2 aromatic carbocycles. The third-order valence-corrected chi connectivity index (χ3v) is 6.46. The minimum Gasteiger partial charge on any atom is -0.478 e. The second-order valence-electron chi connectivity index (χ2n) is 9.61. The molecule has 0 fully saturated rings. The summed E-state index contributed by atoms with van der Waals surface area (Å²) in [5, 5.41) is 13.0. The summed E-state index contributed by atoms with van der Waals surface area (Å²) < 4.78 is 47.4. The summed E-state index contributed by atoms with van der Waals surface area (Å²) >= 11 is 5.99. The number of pyridine rings is 2. The van der Waals surface area contributed by atoms with E-state index in [4.69, 9.17) is 16.3 Å². The first-order valence-corrected chi connectivity index (χ1v) is 13.1. The molecule has 42 heavy (non-hydrogen) atoms. The Balaban J connectivity index is 1.65. The number of nitrogens with one attached hydrogen (secondary N) is 1. The van der Waals surface area contributed by atoms with Crippen molar-refractivity contribution >= 4 is 34.9 Å². The summed E-state index contributed by atoms with van der Waals surface area (Å²) in [7, 11) is 0. The summed E-state index contributed by atoms with van der Waals surface area (Å²) in [4.78, 5) is 34.7. The maximum absolute atomic E-state index is 14.0. The number of anilines is 2. The predicted molar refractivity (Wildman–Crippen MR) is 152 cm³/mol. The molecule has 0 spiro atoms. The van der Waals surface area contributed by atoms with Gasteiger partial charge < -0.3 is 20.1 Å². The van der Waals surface area contributed by atoms with Crippen molar-refractivity contribution in [3.63, 3.8) is 0 Å². The highest BCUT2D eigenvalue weighted by Crippen LogP contribution is 2.38. The van der Waals surface area contributed by atoms with Crippen LogP contribution >= 0.6 is 11.6 Å². The largest absolute Gasteiger partial charge is 0.478 e. The fraction of sp³-hybridized carbons (Fsp3) is 0.200. The van der Waals surface area contributed by atoms with E-state index in [-0.39, 0.29) is 34.3 Å². The topological polar surface area (TPSA) is 105 Å². The minimum atomic E-state index is -4.82. The number of halogens is 4. The molecule has 0 aliphatic rings. The zero-order chi connectivity index (χ0) is 30.6. The van der Waals surface area contributed by atoms with Crippen molar-refractivity contribution in [3.05, 3.63) is 106 Å². The van der Waals surface area contributed by atoms with Crippen LogP contribution in [0.4, 0.5) is 24.5 Å². The van der Waals surface area contributed by atoms with E-state index in [1.54, 1.807) is 50.2 Å². The molecule has 1 amide bonds. The third kappa shape index (κ3) is 6.98. The average molecular weight is 599 g/mol. The highest BCUT2D eigenvalue weighted by molar-refractivity contribution is 6.31. The first-order valence-electron chi connectivity index (χ1n) is 12.7. The van der Waals surface area contributed by atoms with Gasteiger partial charge in [-0.15, -0.1) is 0 Å². The molecule has 2 N–H and O–H groups in total. The van der Waals surface area contributed by atoms with Crippen LogP contribution in [-0.4, -0.2) is 33.0 Å². The zero-order valence-corrected chi connectivity index (χ0v) is 23.5. The van der Waals surface area contributed by atoms with Crippen molar-refractivity contribution in [2.45, 2.75) is 39.5 Å². The lowest BCUT2D eigenvalue weighted by Crippen LogP contribution is -2.38. The number of rotatable bonds is 9. The Labute approximate surface area is 244 Å². The quantitative estimate of drug-likeness (QED) is 0.191. The van der Waals surface area contributed by atoms with Gasteiger partial charge in [0.15, 0.2) is 5.15 Å². The van der Waals surface area contributed by atoms with E-state index in [9.17, 15) is 27.9 Å². The molecule has 12 heteroatoms. The number of nitrogens with zero attached hydrogens (tertiary/aromatic N) is 3. The van der Waals surface area contributed by atoms with Gasteiger partial charge in [-0.25, -0.2) is 14.8 Å².